The molecule has 1 amide bonds. The van der Waals surface area contributed by atoms with Crippen molar-refractivity contribution in [2.45, 2.75) is 32.2 Å². The van der Waals surface area contributed by atoms with Gasteiger partial charge in [0.25, 0.3) is 5.91 Å². The van der Waals surface area contributed by atoms with Crippen molar-refractivity contribution in [1.82, 2.24) is 4.90 Å². The Morgan fingerprint density at radius 2 is 1.88 bits per heavy atom. The molecule has 0 saturated carbocycles. The van der Waals surface area contributed by atoms with E-state index in [1.54, 1.807) is 13.0 Å². The van der Waals surface area contributed by atoms with Gasteiger partial charge in [-0.1, -0.05) is 18.2 Å². The van der Waals surface area contributed by atoms with Crippen molar-refractivity contribution in [3.63, 3.8) is 0 Å². The van der Waals surface area contributed by atoms with Crippen LogP contribution in [0.4, 0.5) is 4.39 Å². The molecule has 3 rings (SSSR count). The van der Waals surface area contributed by atoms with Crippen LogP contribution < -0.4 is 5.73 Å². The average molecular weight is 326 g/mol. The largest absolute Gasteiger partial charge is 0.334 e. The number of piperidine rings is 1. The summed E-state index contributed by atoms with van der Waals surface area (Å²) in [5.41, 5.74) is 9.03. The summed E-state index contributed by atoms with van der Waals surface area (Å²) in [6.45, 7) is 3.04. The number of halogens is 1. The molecular weight excluding hydrogens is 303 g/mol. The van der Waals surface area contributed by atoms with Gasteiger partial charge in [0, 0.05) is 24.7 Å². The Morgan fingerprint density at radius 3 is 2.54 bits per heavy atom. The molecule has 0 aromatic heterocycles. The van der Waals surface area contributed by atoms with E-state index < -0.39 is 0 Å². The highest BCUT2D eigenvalue weighted by atomic mass is 19.1. The van der Waals surface area contributed by atoms with Crippen LogP contribution >= 0.6 is 0 Å². The highest BCUT2D eigenvalue weighted by Crippen LogP contribution is 2.24. The number of nitrogens with zero attached hydrogens (tertiary/aromatic N) is 1. The number of amides is 1. The predicted molar refractivity (Wildman–Crippen MR) is 94.3 cm³/mol. The maximum atomic E-state index is 13.4. The molecule has 1 aliphatic heterocycles. The van der Waals surface area contributed by atoms with Gasteiger partial charge in [-0.05, 0) is 67.1 Å². The van der Waals surface area contributed by atoms with Gasteiger partial charge in [0.15, 0.2) is 0 Å². The second kappa shape index (κ2) is 7.14. The second-order valence-corrected chi connectivity index (χ2v) is 6.43. The van der Waals surface area contributed by atoms with Crippen molar-refractivity contribution in [3.05, 3.63) is 59.4 Å². The van der Waals surface area contributed by atoms with E-state index in [0.29, 0.717) is 17.7 Å². The average Bonchev–Trinajstić information content (AvgIpc) is 2.63. The third kappa shape index (κ3) is 3.34. The van der Waals surface area contributed by atoms with Crippen LogP contribution in [0.15, 0.2) is 42.5 Å². The number of carbonyl (C=O) groups is 1. The topological polar surface area (TPSA) is 46.3 Å². The van der Waals surface area contributed by atoms with Gasteiger partial charge >= 0.3 is 0 Å². The monoisotopic (exact) mass is 326 g/mol. The Balaban J connectivity index is 1.80. The summed E-state index contributed by atoms with van der Waals surface area (Å²) in [7, 11) is 0. The minimum absolute atomic E-state index is 0.0481. The molecule has 0 unspecified atom stereocenters. The second-order valence-electron chi connectivity index (χ2n) is 6.43. The molecule has 0 aliphatic carbocycles. The first kappa shape index (κ1) is 16.7. The molecule has 3 nitrogen and oxygen atoms in total. The summed E-state index contributed by atoms with van der Waals surface area (Å²) in [6.07, 6.45) is 3.15. The van der Waals surface area contributed by atoms with Crippen LogP contribution in [0.5, 0.6) is 0 Å². The fourth-order valence-electron chi connectivity index (χ4n) is 3.31. The maximum Gasteiger partial charge on any atom is 0.254 e. The van der Waals surface area contributed by atoms with Gasteiger partial charge in [0.05, 0.1) is 0 Å². The first-order valence-electron chi connectivity index (χ1n) is 8.48. The van der Waals surface area contributed by atoms with E-state index in [1.165, 1.54) is 6.07 Å². The Bertz CT molecular complexity index is 727. The standard InChI is InChI=1S/C20H23FN2O/c1-14-12-17(9-10-19(14)21)15-5-7-16(8-6-15)20(24)23-11-3-2-4-18(23)13-22/h5-10,12,18H,2-4,11,13,22H2,1H3/t18-/m0/s1. The van der Waals surface area contributed by atoms with Crippen molar-refractivity contribution in [3.8, 4) is 11.1 Å². The lowest BCUT2D eigenvalue weighted by Gasteiger charge is -2.35. The van der Waals surface area contributed by atoms with Gasteiger partial charge in [0.2, 0.25) is 0 Å². The number of nitrogens with two attached hydrogens (primary N) is 1. The smallest absolute Gasteiger partial charge is 0.254 e. The van der Waals surface area contributed by atoms with E-state index >= 15 is 0 Å². The maximum absolute atomic E-state index is 13.4. The number of benzene rings is 2. The molecule has 2 N–H and O–H groups in total. The van der Waals surface area contributed by atoms with E-state index in [4.69, 9.17) is 5.73 Å². The molecule has 0 radical (unpaired) electrons. The fourth-order valence-corrected chi connectivity index (χ4v) is 3.31. The van der Waals surface area contributed by atoms with Gasteiger partial charge in [-0.2, -0.15) is 0 Å². The van der Waals surface area contributed by atoms with E-state index in [2.05, 4.69) is 0 Å². The Morgan fingerprint density at radius 1 is 1.17 bits per heavy atom. The minimum Gasteiger partial charge on any atom is -0.334 e. The number of likely N-dealkylation sites (tertiary alicyclic amines) is 1. The quantitative estimate of drug-likeness (QED) is 0.933. The molecule has 1 heterocycles. The Labute approximate surface area is 142 Å². The summed E-state index contributed by atoms with van der Waals surface area (Å²) in [5.74, 6) is -0.157. The summed E-state index contributed by atoms with van der Waals surface area (Å²) in [5, 5.41) is 0. The van der Waals surface area contributed by atoms with E-state index in [9.17, 15) is 9.18 Å². The highest BCUT2D eigenvalue weighted by Gasteiger charge is 2.26. The van der Waals surface area contributed by atoms with Crippen molar-refractivity contribution in [1.29, 1.82) is 0 Å². The van der Waals surface area contributed by atoms with Gasteiger partial charge in [-0.3, -0.25) is 4.79 Å². The van der Waals surface area contributed by atoms with Crippen LogP contribution in [0.2, 0.25) is 0 Å². The zero-order valence-electron chi connectivity index (χ0n) is 14.0. The third-order valence-electron chi connectivity index (χ3n) is 4.78. The van der Waals surface area contributed by atoms with Gasteiger partial charge in [-0.15, -0.1) is 0 Å². The van der Waals surface area contributed by atoms with Crippen molar-refractivity contribution in [2.24, 2.45) is 5.73 Å². The molecular formula is C20H23FN2O. The molecule has 0 bridgehead atoms. The highest BCUT2D eigenvalue weighted by molar-refractivity contribution is 5.95. The van der Waals surface area contributed by atoms with Gasteiger partial charge in [0.1, 0.15) is 5.82 Å². The molecule has 1 fully saturated rings. The van der Waals surface area contributed by atoms with E-state index in [0.717, 1.165) is 36.9 Å². The number of hydrogen-bond acceptors (Lipinski definition) is 2. The van der Waals surface area contributed by atoms with Crippen LogP contribution in [-0.4, -0.2) is 29.9 Å². The van der Waals surface area contributed by atoms with Crippen LogP contribution in [0.25, 0.3) is 11.1 Å². The number of aryl methyl sites for hydroxylation is 1. The fraction of sp³-hybridized carbons (Fsp3) is 0.350. The predicted octanol–water partition coefficient (Wildman–Crippen LogP) is 3.75. The zero-order valence-corrected chi connectivity index (χ0v) is 14.0. The summed E-state index contributed by atoms with van der Waals surface area (Å²) in [6, 6.07) is 12.7. The molecule has 1 saturated heterocycles. The van der Waals surface area contributed by atoms with E-state index in [1.807, 2.05) is 35.2 Å². The SMILES string of the molecule is Cc1cc(-c2ccc(C(=O)N3CCCC[C@H]3CN)cc2)ccc1F. The molecule has 0 spiro atoms. The van der Waals surface area contributed by atoms with E-state index in [-0.39, 0.29) is 17.8 Å². The number of hydrogen-bond donors (Lipinski definition) is 1. The normalized spacial score (nSPS) is 17.8. The molecule has 126 valence electrons. The third-order valence-corrected chi connectivity index (χ3v) is 4.78. The lowest BCUT2D eigenvalue weighted by atomic mass is 9.99. The molecule has 4 heteroatoms. The van der Waals surface area contributed by atoms with Crippen LogP contribution in [0.3, 0.4) is 0 Å². The summed E-state index contributed by atoms with van der Waals surface area (Å²) >= 11 is 0. The van der Waals surface area contributed by atoms with Crippen molar-refractivity contribution >= 4 is 5.91 Å². The van der Waals surface area contributed by atoms with Crippen LogP contribution in [-0.2, 0) is 0 Å². The van der Waals surface area contributed by atoms with Crippen LogP contribution in [0, 0.1) is 12.7 Å². The van der Waals surface area contributed by atoms with Crippen molar-refractivity contribution in [2.75, 3.05) is 13.1 Å². The molecule has 1 atom stereocenters. The first-order chi connectivity index (χ1) is 11.6. The zero-order chi connectivity index (χ0) is 17.1. The summed E-state index contributed by atoms with van der Waals surface area (Å²) in [4.78, 5) is 14.6. The molecule has 2 aromatic carbocycles. The Hall–Kier alpha value is -2.20. The molecule has 1 aliphatic rings. The van der Waals surface area contributed by atoms with Crippen molar-refractivity contribution < 1.29 is 9.18 Å². The summed E-state index contributed by atoms with van der Waals surface area (Å²) < 4.78 is 13.4. The molecule has 24 heavy (non-hydrogen) atoms. The minimum atomic E-state index is -0.205. The lowest BCUT2D eigenvalue weighted by Crippen LogP contribution is -2.47. The molecule has 2 aromatic rings. The van der Waals surface area contributed by atoms with Gasteiger partial charge in [-0.25, -0.2) is 4.39 Å². The number of carbonyl (C=O) groups excluding carboxylic acids is 1. The lowest BCUT2D eigenvalue weighted by molar-refractivity contribution is 0.0623. The van der Waals surface area contributed by atoms with Crippen LogP contribution in [0.1, 0.15) is 35.2 Å². The first-order valence-corrected chi connectivity index (χ1v) is 8.48. The van der Waals surface area contributed by atoms with Gasteiger partial charge < -0.3 is 10.6 Å². The Kier molecular flexibility index (Phi) is 4.95. The number of rotatable bonds is 3.